The molecule has 152 valence electrons. The molecule has 0 aliphatic carbocycles. The number of nitrogens with zero attached hydrogens (tertiary/aromatic N) is 2. The zero-order valence-electron chi connectivity index (χ0n) is 17.3. The van der Waals surface area contributed by atoms with Crippen LogP contribution in [-0.4, -0.2) is 36.7 Å². The Morgan fingerprint density at radius 2 is 1.67 bits per heavy atom. The van der Waals surface area contributed by atoms with Gasteiger partial charge in [-0.2, -0.15) is 0 Å². The van der Waals surface area contributed by atoms with Crippen molar-refractivity contribution in [2.45, 2.75) is 19.1 Å². The molecule has 1 fully saturated rings. The summed E-state index contributed by atoms with van der Waals surface area (Å²) in [6.07, 6.45) is 0. The third-order valence-electron chi connectivity index (χ3n) is 6.11. The number of hydrogen-bond acceptors (Lipinski definition) is 4. The van der Waals surface area contributed by atoms with Gasteiger partial charge in [0, 0.05) is 31.0 Å². The van der Waals surface area contributed by atoms with Gasteiger partial charge in [-0.3, -0.25) is 14.6 Å². The number of para-hydroxylation sites is 1. The van der Waals surface area contributed by atoms with Crippen LogP contribution in [0.15, 0.2) is 72.8 Å². The number of likely N-dealkylation sites (tertiary alicyclic amines) is 1. The lowest BCUT2D eigenvalue weighted by Crippen LogP contribution is -2.76. The first-order chi connectivity index (χ1) is 14.6. The molecule has 2 aliphatic heterocycles. The molecule has 0 unspecified atom stereocenters. The van der Waals surface area contributed by atoms with E-state index in [0.717, 1.165) is 36.8 Å². The maximum atomic E-state index is 13.5. The number of fused-ring (bicyclic) bond motifs is 1. The van der Waals surface area contributed by atoms with Crippen LogP contribution >= 0.6 is 0 Å². The minimum atomic E-state index is -0.456. The summed E-state index contributed by atoms with van der Waals surface area (Å²) in [5.41, 5.74) is 4.65. The fraction of sp³-hybridized carbons (Fsp3) is 0.240. The Hall–Kier alpha value is -3.31. The van der Waals surface area contributed by atoms with E-state index in [2.05, 4.69) is 41.4 Å². The largest absolute Gasteiger partial charge is 0.497 e. The molecule has 2 aliphatic rings. The van der Waals surface area contributed by atoms with Crippen molar-refractivity contribution in [3.63, 3.8) is 0 Å². The Kier molecular flexibility index (Phi) is 4.48. The molecule has 1 N–H and O–H groups in total. The van der Waals surface area contributed by atoms with Crippen molar-refractivity contribution in [2.75, 3.05) is 30.4 Å². The lowest BCUT2D eigenvalue weighted by molar-refractivity contribution is 0.0608. The molecule has 0 aromatic heterocycles. The molecule has 5 heteroatoms. The molecule has 1 spiro atoms. The lowest BCUT2D eigenvalue weighted by Gasteiger charge is -2.58. The summed E-state index contributed by atoms with van der Waals surface area (Å²) in [4.78, 5) is 17.8. The number of hydrogen-bond donors (Lipinski definition) is 1. The number of amides is 1. The highest BCUT2D eigenvalue weighted by atomic mass is 16.5. The molecular weight excluding hydrogens is 374 g/mol. The number of carbonyl (C=O) groups excluding carboxylic acids is 1. The second-order valence-corrected chi connectivity index (χ2v) is 8.11. The number of anilines is 2. The number of benzene rings is 3. The Bertz CT molecular complexity index is 1090. The van der Waals surface area contributed by atoms with Crippen LogP contribution in [0, 0.1) is 6.92 Å². The van der Waals surface area contributed by atoms with Gasteiger partial charge in [-0.25, -0.2) is 0 Å². The summed E-state index contributed by atoms with van der Waals surface area (Å²) < 4.78 is 5.30. The summed E-state index contributed by atoms with van der Waals surface area (Å²) >= 11 is 0. The van der Waals surface area contributed by atoms with Crippen molar-refractivity contribution in [3.8, 4) is 5.75 Å². The minimum Gasteiger partial charge on any atom is -0.497 e. The molecule has 0 saturated carbocycles. The Labute approximate surface area is 176 Å². The van der Waals surface area contributed by atoms with Crippen LogP contribution in [0.2, 0.25) is 0 Å². The van der Waals surface area contributed by atoms with Crippen LogP contribution in [0.5, 0.6) is 5.75 Å². The fourth-order valence-electron chi connectivity index (χ4n) is 4.55. The van der Waals surface area contributed by atoms with Gasteiger partial charge in [0.15, 0.2) is 0 Å². The number of ether oxygens (including phenoxy) is 1. The van der Waals surface area contributed by atoms with Gasteiger partial charge < -0.3 is 10.1 Å². The van der Waals surface area contributed by atoms with Gasteiger partial charge in [-0.15, -0.1) is 0 Å². The Balaban J connectivity index is 1.47. The van der Waals surface area contributed by atoms with Crippen LogP contribution < -0.4 is 15.0 Å². The summed E-state index contributed by atoms with van der Waals surface area (Å²) in [6.45, 7) is 4.54. The molecular formula is C25H25N3O2. The average molecular weight is 399 g/mol. The van der Waals surface area contributed by atoms with E-state index in [4.69, 9.17) is 4.74 Å². The van der Waals surface area contributed by atoms with Crippen LogP contribution in [0.3, 0.4) is 0 Å². The molecule has 2 heterocycles. The minimum absolute atomic E-state index is 0.0325. The molecule has 5 rings (SSSR count). The standard InChI is InChI=1S/C25H25N3O2/c1-18-7-3-4-8-19(18)15-27-16-25(17-27)26-23-10-6-5-9-22(23)24(29)28(25)20-11-13-21(30-2)14-12-20/h3-14,26H,15-17H2,1-2H3. The van der Waals surface area contributed by atoms with Gasteiger partial charge in [-0.1, -0.05) is 36.4 Å². The number of carbonyl (C=O) groups is 1. The average Bonchev–Trinajstić information content (AvgIpc) is 2.74. The van der Waals surface area contributed by atoms with E-state index in [0.29, 0.717) is 5.56 Å². The molecule has 3 aromatic rings. The monoisotopic (exact) mass is 399 g/mol. The molecule has 1 amide bonds. The third kappa shape index (κ3) is 3.02. The first-order valence-electron chi connectivity index (χ1n) is 10.2. The zero-order chi connectivity index (χ0) is 20.7. The number of methoxy groups -OCH3 is 1. The highest BCUT2D eigenvalue weighted by Gasteiger charge is 2.53. The van der Waals surface area contributed by atoms with Crippen LogP contribution in [0.4, 0.5) is 11.4 Å². The lowest BCUT2D eigenvalue weighted by atomic mass is 9.90. The van der Waals surface area contributed by atoms with Crippen LogP contribution in [-0.2, 0) is 6.54 Å². The van der Waals surface area contributed by atoms with E-state index in [1.807, 2.05) is 53.4 Å². The summed E-state index contributed by atoms with van der Waals surface area (Å²) in [6, 6.07) is 24.0. The van der Waals surface area contributed by atoms with E-state index < -0.39 is 5.66 Å². The Morgan fingerprint density at radius 3 is 2.40 bits per heavy atom. The Morgan fingerprint density at radius 1 is 0.967 bits per heavy atom. The van der Waals surface area contributed by atoms with Gasteiger partial charge in [0.1, 0.15) is 11.4 Å². The summed E-state index contributed by atoms with van der Waals surface area (Å²) in [7, 11) is 1.65. The number of nitrogens with one attached hydrogen (secondary N) is 1. The molecule has 0 radical (unpaired) electrons. The molecule has 0 atom stereocenters. The zero-order valence-corrected chi connectivity index (χ0v) is 17.3. The molecule has 1 saturated heterocycles. The SMILES string of the molecule is COc1ccc(N2C(=O)c3ccccc3NC23CN(Cc2ccccc2C)C3)cc1. The van der Waals surface area contributed by atoms with Crippen molar-refractivity contribution >= 4 is 17.3 Å². The maximum Gasteiger partial charge on any atom is 0.262 e. The van der Waals surface area contributed by atoms with Gasteiger partial charge >= 0.3 is 0 Å². The number of rotatable bonds is 4. The smallest absolute Gasteiger partial charge is 0.262 e. The van der Waals surface area contributed by atoms with E-state index in [1.165, 1.54) is 11.1 Å². The topological polar surface area (TPSA) is 44.8 Å². The first-order valence-corrected chi connectivity index (χ1v) is 10.2. The second-order valence-electron chi connectivity index (χ2n) is 8.11. The number of aryl methyl sites for hydroxylation is 1. The molecule has 5 nitrogen and oxygen atoms in total. The highest BCUT2D eigenvalue weighted by Crippen LogP contribution is 2.41. The predicted octanol–water partition coefficient (Wildman–Crippen LogP) is 4.29. The van der Waals surface area contributed by atoms with Crippen molar-refractivity contribution in [1.29, 1.82) is 0 Å². The van der Waals surface area contributed by atoms with E-state index in [1.54, 1.807) is 7.11 Å². The van der Waals surface area contributed by atoms with E-state index in [9.17, 15) is 4.79 Å². The van der Waals surface area contributed by atoms with E-state index in [-0.39, 0.29) is 5.91 Å². The first kappa shape index (κ1) is 18.7. The fourth-order valence-corrected chi connectivity index (χ4v) is 4.55. The van der Waals surface area contributed by atoms with Crippen molar-refractivity contribution < 1.29 is 9.53 Å². The van der Waals surface area contributed by atoms with Gasteiger partial charge in [0.25, 0.3) is 5.91 Å². The normalized spacial score (nSPS) is 17.3. The molecule has 0 bridgehead atoms. The van der Waals surface area contributed by atoms with Crippen molar-refractivity contribution in [1.82, 2.24) is 4.90 Å². The van der Waals surface area contributed by atoms with Gasteiger partial charge in [0.05, 0.1) is 12.7 Å². The highest BCUT2D eigenvalue weighted by molar-refractivity contribution is 6.13. The summed E-state index contributed by atoms with van der Waals surface area (Å²) in [5, 5.41) is 3.68. The third-order valence-corrected chi connectivity index (χ3v) is 6.11. The predicted molar refractivity (Wildman–Crippen MR) is 119 cm³/mol. The second kappa shape index (κ2) is 7.18. The molecule has 30 heavy (non-hydrogen) atoms. The van der Waals surface area contributed by atoms with Gasteiger partial charge in [-0.05, 0) is 54.4 Å². The van der Waals surface area contributed by atoms with Crippen molar-refractivity contribution in [2.24, 2.45) is 0 Å². The van der Waals surface area contributed by atoms with Gasteiger partial charge in [0.2, 0.25) is 0 Å². The quantitative estimate of drug-likeness (QED) is 0.711. The van der Waals surface area contributed by atoms with Crippen molar-refractivity contribution in [3.05, 3.63) is 89.5 Å². The van der Waals surface area contributed by atoms with E-state index >= 15 is 0 Å². The maximum absolute atomic E-state index is 13.5. The summed E-state index contributed by atoms with van der Waals surface area (Å²) in [5.74, 6) is 0.811. The molecule has 3 aromatic carbocycles. The van der Waals surface area contributed by atoms with Crippen LogP contribution in [0.1, 0.15) is 21.5 Å². The van der Waals surface area contributed by atoms with Crippen LogP contribution in [0.25, 0.3) is 0 Å².